The second-order valence-corrected chi connectivity index (χ2v) is 6.35. The van der Waals surface area contributed by atoms with E-state index in [1.165, 1.54) is 37.9 Å². The molecule has 3 heteroatoms. The lowest BCUT2D eigenvalue weighted by molar-refractivity contribution is 0.516. The van der Waals surface area contributed by atoms with E-state index < -0.39 is 0 Å². The molecule has 1 N–H and O–H groups in total. The summed E-state index contributed by atoms with van der Waals surface area (Å²) in [5.41, 5.74) is 1.05. The third-order valence-corrected chi connectivity index (χ3v) is 4.91. The molecule has 0 aromatic heterocycles. The molecule has 0 heterocycles. The number of hydrogen-bond donors (Lipinski definition) is 1. The van der Waals surface area contributed by atoms with Gasteiger partial charge in [-0.25, -0.2) is 0 Å². The fraction of sp³-hybridized carbons (Fsp3) is 0.571. The van der Waals surface area contributed by atoms with Gasteiger partial charge in [-0.3, -0.25) is 0 Å². The van der Waals surface area contributed by atoms with Gasteiger partial charge in [0.05, 0.1) is 10.7 Å². The minimum atomic E-state index is 0.815. The Morgan fingerprint density at radius 2 is 1.94 bits per heavy atom. The molecule has 1 nitrogen and oxygen atoms in total. The summed E-state index contributed by atoms with van der Waals surface area (Å²) in [6.07, 6.45) is 7.12. The standard InChI is InChI=1S/C14H20ClNS/c15-13-8-4-5-9-14(13)16-10-11-17-12-6-2-1-3-7-12/h4-5,8-9,12,16H,1-3,6-7,10-11H2. The molecule has 0 saturated heterocycles. The first-order valence-electron chi connectivity index (χ1n) is 6.46. The summed E-state index contributed by atoms with van der Waals surface area (Å²) >= 11 is 8.20. The highest BCUT2D eigenvalue weighted by Crippen LogP contribution is 2.28. The van der Waals surface area contributed by atoms with Gasteiger partial charge in [0.1, 0.15) is 0 Å². The van der Waals surface area contributed by atoms with Crippen LogP contribution in [0, 0.1) is 0 Å². The number of para-hydroxylation sites is 1. The first-order valence-corrected chi connectivity index (χ1v) is 7.89. The van der Waals surface area contributed by atoms with Crippen molar-refractivity contribution < 1.29 is 0 Å². The van der Waals surface area contributed by atoms with Crippen molar-refractivity contribution in [1.82, 2.24) is 0 Å². The Morgan fingerprint density at radius 1 is 1.18 bits per heavy atom. The Hall–Kier alpha value is -0.340. The van der Waals surface area contributed by atoms with Crippen LogP contribution >= 0.6 is 23.4 Å². The van der Waals surface area contributed by atoms with E-state index in [1.54, 1.807) is 0 Å². The normalized spacial score (nSPS) is 17.0. The quantitative estimate of drug-likeness (QED) is 0.770. The topological polar surface area (TPSA) is 12.0 Å². The SMILES string of the molecule is Clc1ccccc1NCCSC1CCCCC1. The largest absolute Gasteiger partial charge is 0.383 e. The second-order valence-electron chi connectivity index (χ2n) is 4.54. The molecule has 0 amide bonds. The van der Waals surface area contributed by atoms with Gasteiger partial charge in [0, 0.05) is 17.5 Å². The smallest absolute Gasteiger partial charge is 0.0637 e. The van der Waals surface area contributed by atoms with Gasteiger partial charge in [-0.2, -0.15) is 11.8 Å². The average molecular weight is 270 g/mol. The number of benzene rings is 1. The van der Waals surface area contributed by atoms with Crippen LogP contribution in [0.2, 0.25) is 5.02 Å². The van der Waals surface area contributed by atoms with E-state index in [4.69, 9.17) is 11.6 Å². The number of hydrogen-bond acceptors (Lipinski definition) is 2. The van der Waals surface area contributed by atoms with Crippen molar-refractivity contribution in [2.45, 2.75) is 37.4 Å². The number of thioether (sulfide) groups is 1. The van der Waals surface area contributed by atoms with Crippen molar-refractivity contribution in [3.05, 3.63) is 29.3 Å². The Labute approximate surface area is 113 Å². The molecular formula is C14H20ClNS. The molecule has 1 aromatic rings. The third-order valence-electron chi connectivity index (χ3n) is 3.20. The molecule has 94 valence electrons. The van der Waals surface area contributed by atoms with Gasteiger partial charge in [0.15, 0.2) is 0 Å². The monoisotopic (exact) mass is 269 g/mol. The molecule has 0 aliphatic heterocycles. The van der Waals surface area contributed by atoms with E-state index in [-0.39, 0.29) is 0 Å². The van der Waals surface area contributed by atoms with Crippen molar-refractivity contribution >= 4 is 29.1 Å². The Morgan fingerprint density at radius 3 is 2.71 bits per heavy atom. The fourth-order valence-electron chi connectivity index (χ4n) is 2.25. The third kappa shape index (κ3) is 4.44. The highest BCUT2D eigenvalue weighted by molar-refractivity contribution is 7.99. The highest BCUT2D eigenvalue weighted by Gasteiger charge is 2.12. The minimum Gasteiger partial charge on any atom is -0.383 e. The van der Waals surface area contributed by atoms with Crippen LogP contribution in [-0.2, 0) is 0 Å². The van der Waals surface area contributed by atoms with Crippen molar-refractivity contribution in [3.8, 4) is 0 Å². The van der Waals surface area contributed by atoms with Crippen LogP contribution in [-0.4, -0.2) is 17.5 Å². The van der Waals surface area contributed by atoms with Crippen molar-refractivity contribution in [2.75, 3.05) is 17.6 Å². The van der Waals surface area contributed by atoms with Crippen molar-refractivity contribution in [1.29, 1.82) is 0 Å². The summed E-state index contributed by atoms with van der Waals surface area (Å²) in [7, 11) is 0. The molecule has 1 fully saturated rings. The molecule has 2 rings (SSSR count). The summed E-state index contributed by atoms with van der Waals surface area (Å²) < 4.78 is 0. The van der Waals surface area contributed by atoms with Crippen molar-refractivity contribution in [2.24, 2.45) is 0 Å². The minimum absolute atomic E-state index is 0.815. The molecular weight excluding hydrogens is 250 g/mol. The molecule has 0 bridgehead atoms. The van der Waals surface area contributed by atoms with E-state index >= 15 is 0 Å². The predicted molar refractivity (Wildman–Crippen MR) is 79.3 cm³/mol. The molecule has 0 spiro atoms. The zero-order chi connectivity index (χ0) is 11.9. The Bertz CT molecular complexity index is 337. The maximum absolute atomic E-state index is 6.08. The van der Waals surface area contributed by atoms with Gasteiger partial charge in [-0.1, -0.05) is 43.0 Å². The van der Waals surface area contributed by atoms with Gasteiger partial charge < -0.3 is 5.32 Å². The number of rotatable bonds is 5. The Kier molecular flexibility index (Phi) is 5.53. The van der Waals surface area contributed by atoms with Crippen LogP contribution in [0.25, 0.3) is 0 Å². The molecule has 1 aromatic carbocycles. The van der Waals surface area contributed by atoms with E-state index in [0.29, 0.717) is 0 Å². The molecule has 0 unspecified atom stereocenters. The molecule has 1 aliphatic rings. The van der Waals surface area contributed by atoms with Crippen LogP contribution in [0.4, 0.5) is 5.69 Å². The van der Waals surface area contributed by atoms with E-state index in [0.717, 1.165) is 22.5 Å². The highest BCUT2D eigenvalue weighted by atomic mass is 35.5. The predicted octanol–water partition coefficient (Wildman–Crippen LogP) is 4.82. The maximum Gasteiger partial charge on any atom is 0.0637 e. The maximum atomic E-state index is 6.08. The van der Waals surface area contributed by atoms with Crippen LogP contribution < -0.4 is 5.32 Å². The molecule has 0 atom stereocenters. The summed E-state index contributed by atoms with van der Waals surface area (Å²) in [6, 6.07) is 7.94. The second kappa shape index (κ2) is 7.17. The van der Waals surface area contributed by atoms with Gasteiger partial charge in [0.25, 0.3) is 0 Å². The van der Waals surface area contributed by atoms with Gasteiger partial charge in [0.2, 0.25) is 0 Å². The van der Waals surface area contributed by atoms with Crippen molar-refractivity contribution in [3.63, 3.8) is 0 Å². The first kappa shape index (κ1) is 13.1. The van der Waals surface area contributed by atoms with Crippen LogP contribution in [0.5, 0.6) is 0 Å². The molecule has 1 aliphatic carbocycles. The van der Waals surface area contributed by atoms with E-state index in [9.17, 15) is 0 Å². The van der Waals surface area contributed by atoms with E-state index in [2.05, 4.69) is 17.1 Å². The average Bonchev–Trinajstić information content (AvgIpc) is 2.38. The van der Waals surface area contributed by atoms with E-state index in [1.807, 2.05) is 24.3 Å². The number of anilines is 1. The Balaban J connectivity index is 1.64. The lowest BCUT2D eigenvalue weighted by atomic mass is 10.0. The zero-order valence-corrected chi connectivity index (χ0v) is 11.7. The van der Waals surface area contributed by atoms with Gasteiger partial charge in [-0.05, 0) is 25.0 Å². The summed E-state index contributed by atoms with van der Waals surface area (Å²) in [6.45, 7) is 1.00. The fourth-order valence-corrected chi connectivity index (χ4v) is 3.67. The molecule has 1 saturated carbocycles. The summed E-state index contributed by atoms with van der Waals surface area (Å²) in [5, 5.41) is 5.11. The zero-order valence-electron chi connectivity index (χ0n) is 10.1. The molecule has 17 heavy (non-hydrogen) atoms. The summed E-state index contributed by atoms with van der Waals surface area (Å²) in [4.78, 5) is 0. The molecule has 0 radical (unpaired) electrons. The van der Waals surface area contributed by atoms with Gasteiger partial charge in [-0.15, -0.1) is 0 Å². The van der Waals surface area contributed by atoms with Crippen LogP contribution in [0.15, 0.2) is 24.3 Å². The lowest BCUT2D eigenvalue weighted by Crippen LogP contribution is -2.12. The number of nitrogens with one attached hydrogen (secondary N) is 1. The lowest BCUT2D eigenvalue weighted by Gasteiger charge is -2.21. The first-order chi connectivity index (χ1) is 8.36. The van der Waals surface area contributed by atoms with Crippen LogP contribution in [0.1, 0.15) is 32.1 Å². The number of halogens is 1. The summed E-state index contributed by atoms with van der Waals surface area (Å²) in [5.74, 6) is 1.18. The van der Waals surface area contributed by atoms with Gasteiger partial charge >= 0.3 is 0 Å². The van der Waals surface area contributed by atoms with Crippen LogP contribution in [0.3, 0.4) is 0 Å².